The molecule has 0 aliphatic rings. The van der Waals surface area contributed by atoms with E-state index in [-0.39, 0.29) is 16.3 Å². The average molecular weight is 303 g/mol. The van der Waals surface area contributed by atoms with E-state index in [1.807, 2.05) is 0 Å². The van der Waals surface area contributed by atoms with Crippen LogP contribution in [0.15, 0.2) is 18.2 Å². The molecule has 0 saturated carbocycles. The molecule has 1 amide bonds. The molecule has 0 aromatic heterocycles. The molecule has 19 heavy (non-hydrogen) atoms. The van der Waals surface area contributed by atoms with Gasteiger partial charge in [-0.05, 0) is 18.2 Å². The largest absolute Gasteiger partial charge is 0.455 e. The first-order chi connectivity index (χ1) is 8.54. The van der Waals surface area contributed by atoms with Crippen molar-refractivity contribution < 1.29 is 26.7 Å². The van der Waals surface area contributed by atoms with Crippen LogP contribution in [0.25, 0.3) is 0 Å². The van der Waals surface area contributed by atoms with E-state index in [0.717, 1.165) is 6.07 Å². The van der Waals surface area contributed by atoms with E-state index in [4.69, 9.17) is 17.3 Å². The fourth-order valence-corrected chi connectivity index (χ4v) is 1.31. The fraction of sp³-hybridized carbons (Fsp3) is 0.300. The van der Waals surface area contributed by atoms with Gasteiger partial charge in [-0.1, -0.05) is 11.6 Å². The minimum Gasteiger partial charge on any atom is -0.399 e. The van der Waals surface area contributed by atoms with Gasteiger partial charge >= 0.3 is 12.1 Å². The smallest absolute Gasteiger partial charge is 0.399 e. The van der Waals surface area contributed by atoms with Crippen molar-refractivity contribution in [1.82, 2.24) is 5.32 Å². The molecular formula is C10H8ClF5N2O. The number of rotatable bonds is 3. The predicted molar refractivity (Wildman–Crippen MR) is 59.2 cm³/mol. The normalized spacial score (nSPS) is 12.3. The van der Waals surface area contributed by atoms with E-state index < -0.39 is 24.6 Å². The van der Waals surface area contributed by atoms with Crippen molar-refractivity contribution >= 4 is 23.2 Å². The van der Waals surface area contributed by atoms with Crippen molar-refractivity contribution in [2.75, 3.05) is 12.3 Å². The van der Waals surface area contributed by atoms with Gasteiger partial charge in [-0.2, -0.15) is 22.0 Å². The Hall–Kier alpha value is -1.57. The number of hydrogen-bond acceptors (Lipinski definition) is 2. The molecule has 0 unspecified atom stereocenters. The van der Waals surface area contributed by atoms with E-state index in [0.29, 0.717) is 0 Å². The molecule has 1 rings (SSSR count). The summed E-state index contributed by atoms with van der Waals surface area (Å²) in [5.41, 5.74) is 5.19. The summed E-state index contributed by atoms with van der Waals surface area (Å²) in [5.74, 6) is -6.18. The number of carbonyl (C=O) groups excluding carboxylic acids is 1. The van der Waals surface area contributed by atoms with Gasteiger partial charge in [0.25, 0.3) is 5.91 Å². The second-order valence-electron chi connectivity index (χ2n) is 3.62. The first-order valence-electron chi connectivity index (χ1n) is 4.82. The number of anilines is 1. The lowest BCUT2D eigenvalue weighted by molar-refractivity contribution is -0.278. The molecule has 0 spiro atoms. The number of nitrogens with two attached hydrogens (primary N) is 1. The summed E-state index contributed by atoms with van der Waals surface area (Å²) in [5, 5.41) is 1.36. The summed E-state index contributed by atoms with van der Waals surface area (Å²) in [4.78, 5) is 11.4. The Balaban J connectivity index is 2.79. The molecule has 0 aliphatic carbocycles. The van der Waals surface area contributed by atoms with Gasteiger partial charge in [0.05, 0.1) is 17.1 Å². The summed E-state index contributed by atoms with van der Waals surface area (Å²) in [6, 6.07) is 3.65. The Morgan fingerprint density at radius 1 is 1.26 bits per heavy atom. The van der Waals surface area contributed by atoms with E-state index in [2.05, 4.69) is 0 Å². The monoisotopic (exact) mass is 302 g/mol. The molecule has 9 heteroatoms. The van der Waals surface area contributed by atoms with Crippen LogP contribution in [-0.2, 0) is 0 Å². The van der Waals surface area contributed by atoms with Gasteiger partial charge in [0.15, 0.2) is 0 Å². The quantitative estimate of drug-likeness (QED) is 0.666. The Bertz CT molecular complexity index is 489. The molecule has 0 fully saturated rings. The molecule has 0 radical (unpaired) electrons. The van der Waals surface area contributed by atoms with E-state index in [9.17, 15) is 26.7 Å². The molecular weight excluding hydrogens is 295 g/mol. The van der Waals surface area contributed by atoms with Crippen molar-refractivity contribution in [3.63, 3.8) is 0 Å². The summed E-state index contributed by atoms with van der Waals surface area (Å²) in [6.07, 6.45) is -5.74. The standard InChI is InChI=1S/C10H8ClF5N2O/c11-7-2-1-5(17)3-6(7)8(19)18-4-9(12,13)10(14,15)16/h1-3H,4,17H2,(H,18,19). The van der Waals surface area contributed by atoms with Crippen molar-refractivity contribution in [3.8, 4) is 0 Å². The molecule has 0 aliphatic heterocycles. The Kier molecular flexibility index (Phi) is 4.24. The maximum atomic E-state index is 12.6. The molecule has 3 N–H and O–H groups in total. The highest BCUT2D eigenvalue weighted by Gasteiger charge is 2.57. The van der Waals surface area contributed by atoms with Gasteiger partial charge in [0, 0.05) is 5.69 Å². The Morgan fingerprint density at radius 3 is 2.37 bits per heavy atom. The van der Waals surface area contributed by atoms with Gasteiger partial charge in [0.1, 0.15) is 0 Å². The highest BCUT2D eigenvalue weighted by Crippen LogP contribution is 2.34. The number of alkyl halides is 5. The third-order valence-corrected chi connectivity index (χ3v) is 2.45. The number of amides is 1. The minimum absolute atomic E-state index is 0.109. The lowest BCUT2D eigenvalue weighted by Crippen LogP contribution is -2.46. The lowest BCUT2D eigenvalue weighted by atomic mass is 10.2. The van der Waals surface area contributed by atoms with Crippen LogP contribution in [0.2, 0.25) is 5.02 Å². The zero-order valence-corrected chi connectivity index (χ0v) is 9.95. The van der Waals surface area contributed by atoms with Crippen molar-refractivity contribution in [3.05, 3.63) is 28.8 Å². The van der Waals surface area contributed by atoms with Crippen LogP contribution >= 0.6 is 11.6 Å². The number of carbonyl (C=O) groups is 1. The van der Waals surface area contributed by atoms with Gasteiger partial charge < -0.3 is 11.1 Å². The Morgan fingerprint density at radius 2 is 1.84 bits per heavy atom. The summed E-state index contributed by atoms with van der Waals surface area (Å²) >= 11 is 5.60. The van der Waals surface area contributed by atoms with E-state index in [1.54, 1.807) is 0 Å². The predicted octanol–water partition coefficient (Wildman–Crippen LogP) is 2.85. The second-order valence-corrected chi connectivity index (χ2v) is 4.03. The third kappa shape index (κ3) is 3.69. The van der Waals surface area contributed by atoms with Crippen LogP contribution in [0.5, 0.6) is 0 Å². The maximum absolute atomic E-state index is 12.6. The zero-order chi connectivity index (χ0) is 14.8. The van der Waals surface area contributed by atoms with Gasteiger partial charge in [-0.3, -0.25) is 4.79 Å². The van der Waals surface area contributed by atoms with Crippen LogP contribution in [0.3, 0.4) is 0 Å². The highest BCUT2D eigenvalue weighted by atomic mass is 35.5. The second kappa shape index (κ2) is 5.20. The van der Waals surface area contributed by atoms with Crippen LogP contribution in [0.1, 0.15) is 10.4 Å². The molecule has 1 aromatic rings. The molecule has 0 atom stereocenters. The fourth-order valence-electron chi connectivity index (χ4n) is 1.10. The molecule has 0 heterocycles. The molecule has 0 saturated heterocycles. The van der Waals surface area contributed by atoms with Crippen LogP contribution < -0.4 is 11.1 Å². The first kappa shape index (κ1) is 15.5. The molecule has 1 aromatic carbocycles. The third-order valence-electron chi connectivity index (χ3n) is 2.12. The van der Waals surface area contributed by atoms with Crippen molar-refractivity contribution in [1.29, 1.82) is 0 Å². The van der Waals surface area contributed by atoms with Gasteiger partial charge in [-0.25, -0.2) is 0 Å². The highest BCUT2D eigenvalue weighted by molar-refractivity contribution is 6.34. The van der Waals surface area contributed by atoms with Crippen molar-refractivity contribution in [2.24, 2.45) is 0 Å². The molecule has 0 bridgehead atoms. The van der Waals surface area contributed by atoms with Crippen LogP contribution in [-0.4, -0.2) is 24.6 Å². The zero-order valence-electron chi connectivity index (χ0n) is 9.19. The summed E-state index contributed by atoms with van der Waals surface area (Å²) in [6.45, 7) is -1.87. The summed E-state index contributed by atoms with van der Waals surface area (Å²) in [7, 11) is 0. The van der Waals surface area contributed by atoms with E-state index >= 15 is 0 Å². The number of nitrogen functional groups attached to an aromatic ring is 1. The summed E-state index contributed by atoms with van der Waals surface area (Å²) < 4.78 is 60.8. The minimum atomic E-state index is -5.74. The first-order valence-corrected chi connectivity index (χ1v) is 5.20. The molecule has 3 nitrogen and oxygen atoms in total. The number of halogens is 6. The molecule has 106 valence electrons. The Labute approximate surface area is 109 Å². The maximum Gasteiger partial charge on any atom is 0.455 e. The van der Waals surface area contributed by atoms with Crippen LogP contribution in [0, 0.1) is 0 Å². The SMILES string of the molecule is Nc1ccc(Cl)c(C(=O)NCC(F)(F)C(F)(F)F)c1. The lowest BCUT2D eigenvalue weighted by Gasteiger charge is -2.19. The van der Waals surface area contributed by atoms with Crippen LogP contribution in [0.4, 0.5) is 27.6 Å². The number of nitrogens with one attached hydrogen (secondary N) is 1. The van der Waals surface area contributed by atoms with Gasteiger partial charge in [-0.15, -0.1) is 0 Å². The average Bonchev–Trinajstić information content (AvgIpc) is 2.28. The van der Waals surface area contributed by atoms with Gasteiger partial charge in [0.2, 0.25) is 0 Å². The van der Waals surface area contributed by atoms with Crippen molar-refractivity contribution in [2.45, 2.75) is 12.1 Å². The topological polar surface area (TPSA) is 55.1 Å². The number of benzene rings is 1. The number of hydrogen-bond donors (Lipinski definition) is 2. The van der Waals surface area contributed by atoms with E-state index in [1.165, 1.54) is 17.4 Å².